The van der Waals surface area contributed by atoms with Crippen molar-refractivity contribution in [1.82, 2.24) is 5.32 Å². The number of nitrogens with one attached hydrogen (secondary N) is 1. The van der Waals surface area contributed by atoms with E-state index in [4.69, 9.17) is 4.74 Å². The van der Waals surface area contributed by atoms with Crippen molar-refractivity contribution in [3.63, 3.8) is 0 Å². The minimum Gasteiger partial charge on any atom is -0.497 e. The van der Waals surface area contributed by atoms with E-state index in [9.17, 15) is 0 Å². The number of ether oxygens (including phenoxy) is 1. The third-order valence-electron chi connectivity index (χ3n) is 2.40. The second-order valence-corrected chi connectivity index (χ2v) is 4.35. The van der Waals surface area contributed by atoms with Crippen LogP contribution in [-0.2, 0) is 0 Å². The molecule has 1 fully saturated rings. The number of halogens is 1. The second kappa shape index (κ2) is 3.84. The number of methoxy groups -OCH3 is 1. The van der Waals surface area contributed by atoms with E-state index in [2.05, 4.69) is 40.0 Å². The molecule has 0 aromatic heterocycles. The summed E-state index contributed by atoms with van der Waals surface area (Å²) in [7, 11) is 1.71. The molecule has 70 valence electrons. The highest BCUT2D eigenvalue weighted by Crippen LogP contribution is 2.29. The van der Waals surface area contributed by atoms with Crippen LogP contribution in [0.25, 0.3) is 0 Å². The van der Waals surface area contributed by atoms with Crippen LogP contribution in [0, 0.1) is 3.57 Å². The van der Waals surface area contributed by atoms with Crippen molar-refractivity contribution >= 4 is 22.6 Å². The van der Waals surface area contributed by atoms with Gasteiger partial charge in [0.05, 0.1) is 7.11 Å². The molecule has 1 aliphatic heterocycles. The monoisotopic (exact) mass is 289 g/mol. The van der Waals surface area contributed by atoms with Gasteiger partial charge in [-0.2, -0.15) is 0 Å². The van der Waals surface area contributed by atoms with Crippen LogP contribution in [0.4, 0.5) is 0 Å². The van der Waals surface area contributed by atoms with Gasteiger partial charge in [0.1, 0.15) is 5.75 Å². The first-order valence-electron chi connectivity index (χ1n) is 4.38. The first-order valence-corrected chi connectivity index (χ1v) is 5.46. The third kappa shape index (κ3) is 1.81. The Morgan fingerprint density at radius 1 is 1.54 bits per heavy atom. The Kier molecular flexibility index (Phi) is 2.74. The summed E-state index contributed by atoms with van der Waals surface area (Å²) in [6.45, 7) is 1.14. The minimum atomic E-state index is 0.544. The lowest BCUT2D eigenvalue weighted by molar-refractivity contribution is 0.376. The lowest BCUT2D eigenvalue weighted by Gasteiger charge is -2.29. The van der Waals surface area contributed by atoms with Crippen LogP contribution in [-0.4, -0.2) is 13.7 Å². The van der Waals surface area contributed by atoms with E-state index in [1.54, 1.807) is 7.11 Å². The van der Waals surface area contributed by atoms with E-state index in [1.807, 2.05) is 6.07 Å². The van der Waals surface area contributed by atoms with E-state index in [0.717, 1.165) is 12.3 Å². The van der Waals surface area contributed by atoms with Crippen LogP contribution in [0.3, 0.4) is 0 Å². The van der Waals surface area contributed by atoms with Gasteiger partial charge in [0.25, 0.3) is 0 Å². The summed E-state index contributed by atoms with van der Waals surface area (Å²) in [5.41, 5.74) is 1.37. The molecule has 13 heavy (non-hydrogen) atoms. The maximum Gasteiger partial charge on any atom is 0.119 e. The zero-order chi connectivity index (χ0) is 9.26. The molecule has 1 atom stereocenters. The van der Waals surface area contributed by atoms with Gasteiger partial charge in [0.2, 0.25) is 0 Å². The lowest BCUT2D eigenvalue weighted by Crippen LogP contribution is -2.35. The van der Waals surface area contributed by atoms with Gasteiger partial charge >= 0.3 is 0 Å². The Balaban J connectivity index is 2.30. The van der Waals surface area contributed by atoms with Crippen molar-refractivity contribution in [2.45, 2.75) is 12.5 Å². The molecule has 1 aliphatic rings. The summed E-state index contributed by atoms with van der Waals surface area (Å²) in [5, 5.41) is 3.39. The molecule has 3 heteroatoms. The molecule has 2 rings (SSSR count). The number of rotatable bonds is 2. The molecular weight excluding hydrogens is 277 g/mol. The maximum atomic E-state index is 5.20. The zero-order valence-corrected chi connectivity index (χ0v) is 9.67. The lowest BCUT2D eigenvalue weighted by atomic mass is 9.98. The second-order valence-electron chi connectivity index (χ2n) is 3.18. The highest BCUT2D eigenvalue weighted by Gasteiger charge is 2.20. The van der Waals surface area contributed by atoms with Crippen LogP contribution in [0.5, 0.6) is 5.75 Å². The summed E-state index contributed by atoms with van der Waals surface area (Å²) in [4.78, 5) is 0. The first kappa shape index (κ1) is 9.27. The first-order chi connectivity index (χ1) is 6.31. The van der Waals surface area contributed by atoms with Gasteiger partial charge in [-0.05, 0) is 59.3 Å². The molecule has 0 bridgehead atoms. The van der Waals surface area contributed by atoms with Crippen LogP contribution >= 0.6 is 22.6 Å². The normalized spacial score (nSPS) is 20.9. The largest absolute Gasteiger partial charge is 0.497 e. The topological polar surface area (TPSA) is 21.3 Å². The van der Waals surface area contributed by atoms with Gasteiger partial charge in [-0.3, -0.25) is 0 Å². The van der Waals surface area contributed by atoms with Crippen LogP contribution in [0.15, 0.2) is 18.2 Å². The molecule has 1 aromatic rings. The Morgan fingerprint density at radius 2 is 2.31 bits per heavy atom. The molecule has 1 saturated heterocycles. The van der Waals surface area contributed by atoms with Gasteiger partial charge in [0, 0.05) is 9.61 Å². The summed E-state index contributed by atoms with van der Waals surface area (Å²) < 4.78 is 6.51. The van der Waals surface area contributed by atoms with E-state index < -0.39 is 0 Å². The molecule has 1 aromatic carbocycles. The van der Waals surface area contributed by atoms with Crippen molar-refractivity contribution in [1.29, 1.82) is 0 Å². The van der Waals surface area contributed by atoms with E-state index in [1.165, 1.54) is 15.6 Å². The summed E-state index contributed by atoms with van der Waals surface area (Å²) in [6.07, 6.45) is 1.24. The standard InChI is InChI=1S/C10H12INO/c1-13-7-2-3-9(11)8(6-7)10-4-5-12-10/h2-3,6,10,12H,4-5H2,1H3/t10-/m1/s1. The predicted octanol–water partition coefficient (Wildman–Crippen LogP) is 2.33. The number of benzene rings is 1. The fourth-order valence-electron chi connectivity index (χ4n) is 1.47. The molecular formula is C10H12INO. The Bertz CT molecular complexity index is 310. The molecule has 2 nitrogen and oxygen atoms in total. The van der Waals surface area contributed by atoms with Crippen molar-refractivity contribution in [3.05, 3.63) is 27.3 Å². The molecule has 0 aliphatic carbocycles. The molecule has 0 radical (unpaired) electrons. The van der Waals surface area contributed by atoms with Crippen molar-refractivity contribution < 1.29 is 4.74 Å². The van der Waals surface area contributed by atoms with Crippen molar-refractivity contribution in [2.75, 3.05) is 13.7 Å². The fourth-order valence-corrected chi connectivity index (χ4v) is 2.18. The summed E-state index contributed by atoms with van der Waals surface area (Å²) in [5.74, 6) is 0.948. The van der Waals surface area contributed by atoms with Gasteiger partial charge in [0.15, 0.2) is 0 Å². The average Bonchev–Trinajstić information content (AvgIpc) is 2.06. The van der Waals surface area contributed by atoms with Crippen LogP contribution in [0.2, 0.25) is 0 Å². The van der Waals surface area contributed by atoms with E-state index in [0.29, 0.717) is 6.04 Å². The molecule has 0 amide bonds. The van der Waals surface area contributed by atoms with Gasteiger partial charge in [-0.1, -0.05) is 0 Å². The fraction of sp³-hybridized carbons (Fsp3) is 0.400. The van der Waals surface area contributed by atoms with Crippen LogP contribution < -0.4 is 10.1 Å². The Hall–Kier alpha value is -0.290. The molecule has 0 spiro atoms. The van der Waals surface area contributed by atoms with Gasteiger partial charge < -0.3 is 10.1 Å². The quantitative estimate of drug-likeness (QED) is 0.844. The average molecular weight is 289 g/mol. The molecule has 1 heterocycles. The smallest absolute Gasteiger partial charge is 0.119 e. The number of hydrogen-bond donors (Lipinski definition) is 1. The third-order valence-corrected chi connectivity index (χ3v) is 3.38. The zero-order valence-electron chi connectivity index (χ0n) is 7.51. The van der Waals surface area contributed by atoms with Crippen LogP contribution in [0.1, 0.15) is 18.0 Å². The molecule has 0 unspecified atom stereocenters. The summed E-state index contributed by atoms with van der Waals surface area (Å²) >= 11 is 2.37. The SMILES string of the molecule is COc1ccc(I)c([C@H]2CCN2)c1. The van der Waals surface area contributed by atoms with Crippen molar-refractivity contribution in [3.8, 4) is 5.75 Å². The number of hydrogen-bond acceptors (Lipinski definition) is 2. The Morgan fingerprint density at radius 3 is 2.85 bits per heavy atom. The highest BCUT2D eigenvalue weighted by atomic mass is 127. The summed E-state index contributed by atoms with van der Waals surface area (Å²) in [6, 6.07) is 6.78. The molecule has 0 saturated carbocycles. The van der Waals surface area contributed by atoms with E-state index in [-0.39, 0.29) is 0 Å². The van der Waals surface area contributed by atoms with Gasteiger partial charge in [-0.15, -0.1) is 0 Å². The highest BCUT2D eigenvalue weighted by molar-refractivity contribution is 14.1. The predicted molar refractivity (Wildman–Crippen MR) is 61.1 cm³/mol. The van der Waals surface area contributed by atoms with Gasteiger partial charge in [-0.25, -0.2) is 0 Å². The maximum absolute atomic E-state index is 5.20. The Labute approximate surface area is 91.8 Å². The van der Waals surface area contributed by atoms with E-state index >= 15 is 0 Å². The van der Waals surface area contributed by atoms with Crippen molar-refractivity contribution in [2.24, 2.45) is 0 Å². The minimum absolute atomic E-state index is 0.544. The molecule has 1 N–H and O–H groups in total.